The molecule has 2 aromatic rings. The summed E-state index contributed by atoms with van der Waals surface area (Å²) in [5.41, 5.74) is 1.19. The van der Waals surface area contributed by atoms with Crippen LogP contribution in [0.1, 0.15) is 42.0 Å². The van der Waals surface area contributed by atoms with Gasteiger partial charge in [-0.15, -0.1) is 35.0 Å². The van der Waals surface area contributed by atoms with Gasteiger partial charge >= 0.3 is 0 Å². The molecule has 138 valence electrons. The quantitative estimate of drug-likeness (QED) is 0.849. The van der Waals surface area contributed by atoms with Gasteiger partial charge in [-0.25, -0.2) is 0 Å². The Morgan fingerprint density at radius 3 is 2.68 bits per heavy atom. The molecule has 4 rings (SSSR count). The topological polar surface area (TPSA) is 46.0 Å². The van der Waals surface area contributed by atoms with E-state index in [1.165, 1.54) is 18.4 Å². The summed E-state index contributed by atoms with van der Waals surface area (Å²) in [5.74, 6) is 2.82. The average Bonchev–Trinajstić information content (AvgIpc) is 3.34. The Balaban J connectivity index is 0.00000113. The predicted molar refractivity (Wildman–Crippen MR) is 105 cm³/mol. The third-order valence-electron chi connectivity index (χ3n) is 4.90. The van der Waals surface area contributed by atoms with Gasteiger partial charge in [-0.1, -0.05) is 29.8 Å². The zero-order valence-electron chi connectivity index (χ0n) is 14.2. The van der Waals surface area contributed by atoms with Crippen molar-refractivity contribution >= 4 is 36.4 Å². The second-order valence-corrected chi connectivity index (χ2v) is 6.93. The van der Waals surface area contributed by atoms with Crippen molar-refractivity contribution in [1.82, 2.24) is 25.0 Å². The fourth-order valence-corrected chi connectivity index (χ4v) is 3.64. The standard InChI is InChI=1S/C17H22ClN5.2ClH/c1-22-16(20-21-17(22)12-6-7-12)11-23-9-8-19-10-15(23)13-4-2-3-5-14(13)18;;/h2-5,12,15,19H,6-11H2,1H3;2*1H. The molecule has 1 aromatic carbocycles. The fraction of sp³-hybridized carbons (Fsp3) is 0.529. The Labute approximate surface area is 166 Å². The van der Waals surface area contributed by atoms with Crippen LogP contribution in [0.4, 0.5) is 0 Å². The van der Waals surface area contributed by atoms with Gasteiger partial charge in [0.1, 0.15) is 11.6 Å². The molecule has 1 atom stereocenters. The monoisotopic (exact) mass is 403 g/mol. The van der Waals surface area contributed by atoms with Gasteiger partial charge in [-0.3, -0.25) is 4.90 Å². The lowest BCUT2D eigenvalue weighted by atomic mass is 10.0. The van der Waals surface area contributed by atoms with E-state index in [-0.39, 0.29) is 30.9 Å². The molecule has 25 heavy (non-hydrogen) atoms. The summed E-state index contributed by atoms with van der Waals surface area (Å²) < 4.78 is 2.18. The van der Waals surface area contributed by atoms with Crippen LogP contribution < -0.4 is 5.32 Å². The fourth-order valence-electron chi connectivity index (χ4n) is 3.38. The number of nitrogens with zero attached hydrogens (tertiary/aromatic N) is 4. The first-order valence-corrected chi connectivity index (χ1v) is 8.69. The molecule has 2 aliphatic rings. The first kappa shape index (κ1) is 20.5. The molecule has 1 aliphatic carbocycles. The van der Waals surface area contributed by atoms with Crippen LogP contribution in [-0.4, -0.2) is 39.3 Å². The van der Waals surface area contributed by atoms with E-state index in [0.29, 0.717) is 5.92 Å². The van der Waals surface area contributed by atoms with Crippen molar-refractivity contribution in [2.75, 3.05) is 19.6 Å². The number of aromatic nitrogens is 3. The number of halogens is 3. The minimum absolute atomic E-state index is 0. The highest BCUT2D eigenvalue weighted by atomic mass is 35.5. The summed E-state index contributed by atoms with van der Waals surface area (Å²) in [6, 6.07) is 8.41. The minimum Gasteiger partial charge on any atom is -0.317 e. The molecule has 1 aliphatic heterocycles. The van der Waals surface area contributed by atoms with Gasteiger partial charge in [0.25, 0.3) is 0 Å². The summed E-state index contributed by atoms with van der Waals surface area (Å²) in [7, 11) is 2.09. The zero-order valence-corrected chi connectivity index (χ0v) is 16.6. The Hall–Kier alpha value is -0.850. The van der Waals surface area contributed by atoms with E-state index in [4.69, 9.17) is 11.6 Å². The Morgan fingerprint density at radius 1 is 1.20 bits per heavy atom. The van der Waals surface area contributed by atoms with Crippen LogP contribution in [0.15, 0.2) is 24.3 Å². The molecule has 1 N–H and O–H groups in total. The van der Waals surface area contributed by atoms with Crippen molar-refractivity contribution in [3.63, 3.8) is 0 Å². The van der Waals surface area contributed by atoms with Crippen molar-refractivity contribution in [3.8, 4) is 0 Å². The number of benzene rings is 1. The van der Waals surface area contributed by atoms with Crippen molar-refractivity contribution in [2.24, 2.45) is 7.05 Å². The summed E-state index contributed by atoms with van der Waals surface area (Å²) in [4.78, 5) is 2.46. The Bertz CT molecular complexity index is 701. The molecule has 0 amide bonds. The lowest BCUT2D eigenvalue weighted by Gasteiger charge is -2.36. The van der Waals surface area contributed by atoms with Gasteiger partial charge in [0.2, 0.25) is 0 Å². The third-order valence-corrected chi connectivity index (χ3v) is 5.25. The van der Waals surface area contributed by atoms with Crippen LogP contribution in [0.2, 0.25) is 5.02 Å². The molecule has 2 heterocycles. The van der Waals surface area contributed by atoms with Crippen molar-refractivity contribution in [1.29, 1.82) is 0 Å². The van der Waals surface area contributed by atoms with Crippen LogP contribution in [0.25, 0.3) is 0 Å². The predicted octanol–water partition coefficient (Wildman–Crippen LogP) is 3.34. The Morgan fingerprint density at radius 2 is 1.96 bits per heavy atom. The summed E-state index contributed by atoms with van der Waals surface area (Å²) >= 11 is 6.42. The van der Waals surface area contributed by atoms with Crippen molar-refractivity contribution < 1.29 is 0 Å². The number of piperazine rings is 1. The van der Waals surface area contributed by atoms with E-state index >= 15 is 0 Å². The van der Waals surface area contributed by atoms with Crippen molar-refractivity contribution in [3.05, 3.63) is 46.5 Å². The highest BCUT2D eigenvalue weighted by Crippen LogP contribution is 2.39. The number of rotatable bonds is 4. The lowest BCUT2D eigenvalue weighted by molar-refractivity contribution is 0.148. The zero-order chi connectivity index (χ0) is 15.8. The maximum atomic E-state index is 6.42. The largest absolute Gasteiger partial charge is 0.317 e. The van der Waals surface area contributed by atoms with Crippen LogP contribution in [0.5, 0.6) is 0 Å². The molecular formula is C17H24Cl3N5. The second-order valence-electron chi connectivity index (χ2n) is 6.52. The van der Waals surface area contributed by atoms with Gasteiger partial charge < -0.3 is 9.88 Å². The van der Waals surface area contributed by atoms with Gasteiger partial charge in [0.05, 0.1) is 6.54 Å². The molecule has 0 spiro atoms. The molecule has 0 radical (unpaired) electrons. The molecule has 2 fully saturated rings. The van der Waals surface area contributed by atoms with E-state index in [1.54, 1.807) is 0 Å². The normalized spacial score (nSPS) is 20.6. The summed E-state index contributed by atoms with van der Waals surface area (Å²) in [6.45, 7) is 3.71. The van der Waals surface area contributed by atoms with Gasteiger partial charge in [0.15, 0.2) is 0 Å². The molecule has 1 unspecified atom stereocenters. The van der Waals surface area contributed by atoms with E-state index in [9.17, 15) is 0 Å². The van der Waals surface area contributed by atoms with Crippen LogP contribution in [0.3, 0.4) is 0 Å². The minimum atomic E-state index is 0. The molecule has 1 aromatic heterocycles. The number of nitrogens with one attached hydrogen (secondary N) is 1. The molecule has 8 heteroatoms. The SMILES string of the molecule is Cl.Cl.Cn1c(CN2CCNCC2c2ccccc2Cl)nnc1C1CC1. The first-order valence-electron chi connectivity index (χ1n) is 8.31. The smallest absolute Gasteiger partial charge is 0.146 e. The van der Waals surface area contributed by atoms with E-state index in [0.717, 1.165) is 42.9 Å². The summed E-state index contributed by atoms with van der Waals surface area (Å²) in [5, 5.41) is 13.2. The van der Waals surface area contributed by atoms with E-state index in [2.05, 4.69) is 44.2 Å². The third kappa shape index (κ3) is 4.29. The van der Waals surface area contributed by atoms with Crippen molar-refractivity contribution in [2.45, 2.75) is 31.3 Å². The second kappa shape index (κ2) is 8.69. The summed E-state index contributed by atoms with van der Waals surface area (Å²) in [6.07, 6.45) is 2.50. The average molecular weight is 405 g/mol. The molecule has 5 nitrogen and oxygen atoms in total. The lowest BCUT2D eigenvalue weighted by Crippen LogP contribution is -2.45. The van der Waals surface area contributed by atoms with Gasteiger partial charge in [-0.2, -0.15) is 0 Å². The maximum absolute atomic E-state index is 6.42. The highest BCUT2D eigenvalue weighted by molar-refractivity contribution is 6.31. The van der Waals surface area contributed by atoms with Crippen LogP contribution >= 0.6 is 36.4 Å². The molecule has 1 saturated heterocycles. The number of hydrogen-bond acceptors (Lipinski definition) is 4. The molecule has 1 saturated carbocycles. The van der Waals surface area contributed by atoms with Crippen LogP contribution in [-0.2, 0) is 13.6 Å². The maximum Gasteiger partial charge on any atom is 0.146 e. The van der Waals surface area contributed by atoms with E-state index < -0.39 is 0 Å². The van der Waals surface area contributed by atoms with Crippen LogP contribution in [0, 0.1) is 0 Å². The highest BCUT2D eigenvalue weighted by Gasteiger charge is 2.31. The number of hydrogen-bond donors (Lipinski definition) is 1. The van der Waals surface area contributed by atoms with Gasteiger partial charge in [0, 0.05) is 43.7 Å². The molecule has 0 bridgehead atoms. The molecular weight excluding hydrogens is 381 g/mol. The Kier molecular flexibility index (Phi) is 7.11. The van der Waals surface area contributed by atoms with E-state index in [1.807, 2.05) is 12.1 Å². The van der Waals surface area contributed by atoms with Gasteiger partial charge in [-0.05, 0) is 24.5 Å². The first-order chi connectivity index (χ1) is 11.2.